The fourth-order valence-electron chi connectivity index (χ4n) is 4.06. The quantitative estimate of drug-likeness (QED) is 0.823. The summed E-state index contributed by atoms with van der Waals surface area (Å²) in [5.41, 5.74) is 4.14. The molecule has 124 valence electrons. The van der Waals surface area contributed by atoms with Gasteiger partial charge in [-0.1, -0.05) is 18.7 Å². The molecule has 2 fully saturated rings. The number of carbonyl (C=O) groups is 1. The van der Waals surface area contributed by atoms with E-state index in [9.17, 15) is 4.79 Å². The Balaban J connectivity index is 1.61. The van der Waals surface area contributed by atoms with E-state index in [1.165, 1.54) is 18.4 Å². The van der Waals surface area contributed by atoms with E-state index in [0.29, 0.717) is 17.7 Å². The van der Waals surface area contributed by atoms with Gasteiger partial charge in [0.2, 0.25) is 0 Å². The average Bonchev–Trinajstić information content (AvgIpc) is 3.37. The van der Waals surface area contributed by atoms with E-state index >= 15 is 0 Å². The third kappa shape index (κ3) is 2.63. The first kappa shape index (κ1) is 15.4. The molecule has 0 amide bonds. The molecule has 2 unspecified atom stereocenters. The first-order valence-electron chi connectivity index (χ1n) is 8.87. The minimum Gasteiger partial charge on any atom is -0.356 e. The molecule has 2 aliphatic carbocycles. The zero-order valence-corrected chi connectivity index (χ0v) is 14.2. The second kappa shape index (κ2) is 6.06. The molecular weight excluding hydrogens is 296 g/mol. The van der Waals surface area contributed by atoms with Crippen molar-refractivity contribution in [1.29, 1.82) is 0 Å². The second-order valence-corrected chi connectivity index (χ2v) is 7.02. The molecule has 4 rings (SSSR count). The number of hydrogen-bond donors (Lipinski definition) is 1. The highest BCUT2D eigenvalue weighted by atomic mass is 16.1. The smallest absolute Gasteiger partial charge is 0.180 e. The van der Waals surface area contributed by atoms with Crippen LogP contribution in [0, 0.1) is 0 Å². The van der Waals surface area contributed by atoms with Gasteiger partial charge in [-0.25, -0.2) is 0 Å². The third-order valence-electron chi connectivity index (χ3n) is 5.39. The van der Waals surface area contributed by atoms with E-state index in [2.05, 4.69) is 22.9 Å². The lowest BCUT2D eigenvalue weighted by Gasteiger charge is -2.24. The Morgan fingerprint density at radius 3 is 2.92 bits per heavy atom. The highest BCUT2D eigenvalue weighted by Crippen LogP contribution is 2.45. The maximum absolute atomic E-state index is 12.8. The lowest BCUT2D eigenvalue weighted by molar-refractivity contribution is 0.0860. The number of ketones is 1. The Morgan fingerprint density at radius 1 is 1.38 bits per heavy atom. The van der Waals surface area contributed by atoms with Crippen molar-refractivity contribution in [2.24, 2.45) is 0 Å². The number of likely N-dealkylation sites (tertiary alicyclic amines) is 1. The molecule has 3 aliphatic rings. The van der Waals surface area contributed by atoms with Gasteiger partial charge in [-0.05, 0) is 68.0 Å². The fraction of sp³-hybridized carbons (Fsp3) is 0.381. The molecule has 1 aromatic rings. The maximum Gasteiger partial charge on any atom is 0.180 e. The summed E-state index contributed by atoms with van der Waals surface area (Å²) < 4.78 is 0. The number of hydrogen-bond acceptors (Lipinski definition) is 3. The van der Waals surface area contributed by atoms with Crippen molar-refractivity contribution in [1.82, 2.24) is 4.90 Å². The van der Waals surface area contributed by atoms with Gasteiger partial charge in [0, 0.05) is 29.5 Å². The van der Waals surface area contributed by atoms with Crippen LogP contribution in [-0.4, -0.2) is 29.3 Å². The van der Waals surface area contributed by atoms with Crippen LogP contribution in [-0.2, 0) is 0 Å². The number of benzene rings is 1. The Labute approximate surface area is 143 Å². The van der Waals surface area contributed by atoms with Crippen molar-refractivity contribution >= 4 is 11.5 Å². The number of nitrogens with zero attached hydrogens (tertiary/aromatic N) is 1. The van der Waals surface area contributed by atoms with Crippen LogP contribution in [0.25, 0.3) is 0 Å². The van der Waals surface area contributed by atoms with Crippen molar-refractivity contribution in [2.45, 2.75) is 44.2 Å². The molecule has 3 nitrogen and oxygen atoms in total. The summed E-state index contributed by atoms with van der Waals surface area (Å²) in [6.07, 6.45) is 11.3. The molecule has 3 heteroatoms. The normalized spacial score (nSPS) is 26.7. The van der Waals surface area contributed by atoms with Gasteiger partial charge >= 0.3 is 0 Å². The third-order valence-corrected chi connectivity index (χ3v) is 5.39. The zero-order valence-electron chi connectivity index (χ0n) is 14.2. The zero-order chi connectivity index (χ0) is 16.7. The molecule has 1 saturated carbocycles. The Hall–Kier alpha value is -2.13. The molecule has 2 atom stereocenters. The van der Waals surface area contributed by atoms with Crippen LogP contribution < -0.4 is 5.32 Å². The molecular formula is C21H24N2O. The number of nitrogens with one attached hydrogen (secondary N) is 1. The van der Waals surface area contributed by atoms with Gasteiger partial charge in [-0.2, -0.15) is 0 Å². The van der Waals surface area contributed by atoms with E-state index in [1.807, 2.05) is 43.4 Å². The Kier molecular flexibility index (Phi) is 3.89. The van der Waals surface area contributed by atoms with Crippen molar-refractivity contribution in [3.05, 3.63) is 65.9 Å². The van der Waals surface area contributed by atoms with E-state index in [1.54, 1.807) is 0 Å². The van der Waals surface area contributed by atoms with Gasteiger partial charge < -0.3 is 5.32 Å². The van der Waals surface area contributed by atoms with Crippen molar-refractivity contribution in [2.75, 3.05) is 11.9 Å². The van der Waals surface area contributed by atoms with Crippen LogP contribution in [0.2, 0.25) is 0 Å². The second-order valence-electron chi connectivity index (χ2n) is 7.02. The monoisotopic (exact) mass is 320 g/mol. The minimum absolute atomic E-state index is 0.132. The molecule has 24 heavy (non-hydrogen) atoms. The van der Waals surface area contributed by atoms with Crippen LogP contribution in [0.4, 0.5) is 5.69 Å². The highest BCUT2D eigenvalue weighted by molar-refractivity contribution is 6.03. The molecule has 0 spiro atoms. The molecule has 2 bridgehead atoms. The highest BCUT2D eigenvalue weighted by Gasteiger charge is 2.48. The summed E-state index contributed by atoms with van der Waals surface area (Å²) in [5, 5.41) is 3.40. The lowest BCUT2D eigenvalue weighted by atomic mass is 9.82. The maximum atomic E-state index is 12.8. The number of fused-ring (bicyclic) bond motifs is 4. The first-order chi connectivity index (χ1) is 11.7. The molecule has 0 aromatic heterocycles. The van der Waals surface area contributed by atoms with Crippen molar-refractivity contribution in [3.8, 4) is 0 Å². The fourth-order valence-corrected chi connectivity index (χ4v) is 4.06. The van der Waals surface area contributed by atoms with Crippen molar-refractivity contribution in [3.63, 3.8) is 0 Å². The van der Waals surface area contributed by atoms with Crippen LogP contribution in [0.3, 0.4) is 0 Å². The predicted molar refractivity (Wildman–Crippen MR) is 98.4 cm³/mol. The van der Waals surface area contributed by atoms with Crippen molar-refractivity contribution < 1.29 is 4.79 Å². The van der Waals surface area contributed by atoms with Gasteiger partial charge in [0.15, 0.2) is 5.78 Å². The number of Topliss-reactive ketones (excluding diaryl/α,β-unsaturated/α-hetero) is 1. The van der Waals surface area contributed by atoms with Gasteiger partial charge in [0.1, 0.15) is 0 Å². The molecule has 0 radical (unpaired) electrons. The topological polar surface area (TPSA) is 32.3 Å². The Bertz CT molecular complexity index is 742. The van der Waals surface area contributed by atoms with Gasteiger partial charge in [-0.3, -0.25) is 9.69 Å². The largest absolute Gasteiger partial charge is 0.356 e. The number of rotatable bonds is 5. The number of carbonyl (C=O) groups excluding carboxylic acids is 1. The minimum atomic E-state index is 0.132. The first-order valence-corrected chi connectivity index (χ1v) is 8.87. The van der Waals surface area contributed by atoms with Crippen LogP contribution in [0.5, 0.6) is 0 Å². The SMILES string of the molecule is C=C/C(=C\C=C/C)Nc1ccc2c(c1)C1CC(C2=O)N(C2CC2)C1. The standard InChI is InChI=1S/C21H24N2O/c1-3-5-6-15(4-2)22-16-7-10-18-19(12-16)14-11-20(21(18)24)23(13-14)17-8-9-17/h3-7,10,12,14,17,20,22H,2,8-9,11,13H2,1H3/b5-3-,15-6+. The van der Waals surface area contributed by atoms with E-state index in [-0.39, 0.29) is 6.04 Å². The van der Waals surface area contributed by atoms with E-state index in [0.717, 1.165) is 29.9 Å². The molecule has 1 saturated heterocycles. The van der Waals surface area contributed by atoms with E-state index < -0.39 is 0 Å². The molecule has 1 aromatic carbocycles. The van der Waals surface area contributed by atoms with Crippen LogP contribution in [0.15, 0.2) is 54.8 Å². The summed E-state index contributed by atoms with van der Waals surface area (Å²) in [5.74, 6) is 0.822. The summed E-state index contributed by atoms with van der Waals surface area (Å²) in [6, 6.07) is 6.97. The summed E-state index contributed by atoms with van der Waals surface area (Å²) in [4.78, 5) is 15.3. The Morgan fingerprint density at radius 2 is 2.21 bits per heavy atom. The van der Waals surface area contributed by atoms with E-state index in [4.69, 9.17) is 0 Å². The summed E-state index contributed by atoms with van der Waals surface area (Å²) >= 11 is 0. The van der Waals surface area contributed by atoms with Gasteiger partial charge in [0.25, 0.3) is 0 Å². The molecule has 1 N–H and O–H groups in total. The predicted octanol–water partition coefficient (Wildman–Crippen LogP) is 4.26. The van der Waals surface area contributed by atoms with Crippen LogP contribution >= 0.6 is 0 Å². The summed E-state index contributed by atoms with van der Waals surface area (Å²) in [6.45, 7) is 6.89. The summed E-state index contributed by atoms with van der Waals surface area (Å²) in [7, 11) is 0. The average molecular weight is 320 g/mol. The van der Waals surface area contributed by atoms with Gasteiger partial charge in [-0.15, -0.1) is 0 Å². The number of allylic oxidation sites excluding steroid dienone is 4. The number of anilines is 1. The molecule has 1 aliphatic heterocycles. The lowest BCUT2D eigenvalue weighted by Crippen LogP contribution is -2.37. The van der Waals surface area contributed by atoms with Gasteiger partial charge in [0.05, 0.1) is 6.04 Å². The van der Waals surface area contributed by atoms with Crippen LogP contribution in [0.1, 0.15) is 48.0 Å². The molecule has 1 heterocycles.